The lowest BCUT2D eigenvalue weighted by Gasteiger charge is -2.19. The molecule has 0 aliphatic carbocycles. The van der Waals surface area contributed by atoms with E-state index in [1.54, 1.807) is 44.6 Å². The molecule has 3 aromatic heterocycles. The predicted molar refractivity (Wildman–Crippen MR) is 115 cm³/mol. The van der Waals surface area contributed by atoms with Crippen LogP contribution < -0.4 is 10.5 Å². The number of hydrogen-bond donors (Lipinski definition) is 2. The Morgan fingerprint density at radius 2 is 1.94 bits per heavy atom. The van der Waals surface area contributed by atoms with Crippen LogP contribution in [0, 0.1) is 12.7 Å². The Balaban J connectivity index is 1.67. The molecule has 0 amide bonds. The van der Waals surface area contributed by atoms with Crippen molar-refractivity contribution >= 4 is 17.2 Å². The summed E-state index contributed by atoms with van der Waals surface area (Å²) in [6, 6.07) is 6.07. The normalized spacial score (nSPS) is 13.2. The van der Waals surface area contributed by atoms with Crippen LogP contribution in [0.5, 0.6) is 5.75 Å². The molecule has 3 N–H and O–H groups in total. The Kier molecular flexibility index (Phi) is 5.66. The summed E-state index contributed by atoms with van der Waals surface area (Å²) in [4.78, 5) is 10.9. The van der Waals surface area contributed by atoms with Crippen molar-refractivity contribution in [2.75, 3.05) is 5.73 Å². The molecule has 2 atom stereocenters. The molecule has 4 rings (SSSR count). The molecule has 4 aromatic rings. The van der Waals surface area contributed by atoms with Crippen LogP contribution in [0.25, 0.3) is 16.3 Å². The second-order valence-electron chi connectivity index (χ2n) is 7.03. The number of aryl methyl sites for hydroxylation is 1. The summed E-state index contributed by atoms with van der Waals surface area (Å²) in [6.45, 7) is 5.33. The van der Waals surface area contributed by atoms with Crippen LogP contribution in [-0.4, -0.2) is 30.1 Å². The van der Waals surface area contributed by atoms with Gasteiger partial charge in [-0.05, 0) is 45.0 Å². The molecule has 1 unspecified atom stereocenters. The summed E-state index contributed by atoms with van der Waals surface area (Å²) in [7, 11) is 0. The molecule has 8 nitrogen and oxygen atoms in total. The third-order valence-corrected chi connectivity index (χ3v) is 6.08. The summed E-state index contributed by atoms with van der Waals surface area (Å²) in [5.74, 6) is 0.153. The Morgan fingerprint density at radius 3 is 2.61 bits per heavy atom. The summed E-state index contributed by atoms with van der Waals surface area (Å²) in [5.41, 5.74) is 8.67. The quantitative estimate of drug-likeness (QED) is 0.466. The van der Waals surface area contributed by atoms with E-state index in [2.05, 4.69) is 20.2 Å². The van der Waals surface area contributed by atoms with Crippen molar-refractivity contribution in [2.45, 2.75) is 33.0 Å². The first kappa shape index (κ1) is 20.9. The molecule has 0 saturated carbocycles. The van der Waals surface area contributed by atoms with Gasteiger partial charge in [-0.1, -0.05) is 0 Å². The molecule has 0 fully saturated rings. The van der Waals surface area contributed by atoms with Crippen molar-refractivity contribution in [1.82, 2.24) is 25.0 Å². The fourth-order valence-electron chi connectivity index (χ4n) is 3.21. The Morgan fingerprint density at radius 1 is 1.19 bits per heavy atom. The van der Waals surface area contributed by atoms with Crippen molar-refractivity contribution in [3.05, 3.63) is 64.8 Å². The van der Waals surface area contributed by atoms with E-state index in [-0.39, 0.29) is 5.82 Å². The van der Waals surface area contributed by atoms with Crippen molar-refractivity contribution in [3.63, 3.8) is 0 Å². The average molecular weight is 441 g/mol. The van der Waals surface area contributed by atoms with Crippen molar-refractivity contribution < 1.29 is 14.2 Å². The van der Waals surface area contributed by atoms with Crippen LogP contribution in [-0.2, 0) is 0 Å². The molecule has 0 aliphatic rings. The van der Waals surface area contributed by atoms with Crippen molar-refractivity contribution in [3.8, 4) is 22.0 Å². The largest absolute Gasteiger partial charge is 0.482 e. The molecule has 0 radical (unpaired) electrons. The van der Waals surface area contributed by atoms with Crippen LogP contribution >= 0.6 is 11.3 Å². The molecular formula is C21H21FN6O2S. The van der Waals surface area contributed by atoms with Gasteiger partial charge in [0, 0.05) is 17.3 Å². The molecule has 160 valence electrons. The van der Waals surface area contributed by atoms with E-state index >= 15 is 0 Å². The minimum absolute atomic E-state index is 0.204. The number of anilines is 1. The highest BCUT2D eigenvalue weighted by Gasteiger charge is 2.19. The van der Waals surface area contributed by atoms with E-state index in [0.29, 0.717) is 27.6 Å². The lowest BCUT2D eigenvalue weighted by atomic mass is 10.1. The number of nitrogens with zero attached hydrogens (tertiary/aromatic N) is 5. The van der Waals surface area contributed by atoms with Gasteiger partial charge in [-0.25, -0.2) is 14.4 Å². The first-order valence-corrected chi connectivity index (χ1v) is 10.4. The number of halogens is 1. The van der Waals surface area contributed by atoms with Crippen molar-refractivity contribution in [1.29, 1.82) is 0 Å². The fourth-order valence-corrected chi connectivity index (χ4v) is 4.20. The highest BCUT2D eigenvalue weighted by atomic mass is 32.1. The average Bonchev–Trinajstić information content (AvgIpc) is 3.39. The first-order chi connectivity index (χ1) is 14.8. The van der Waals surface area contributed by atoms with Gasteiger partial charge in [-0.15, -0.1) is 11.3 Å². The number of aliphatic hydroxyl groups is 1. The van der Waals surface area contributed by atoms with E-state index in [1.165, 1.54) is 28.3 Å². The number of rotatable bonds is 6. The maximum absolute atomic E-state index is 14.0. The van der Waals surface area contributed by atoms with Gasteiger partial charge in [0.05, 0.1) is 34.8 Å². The summed E-state index contributed by atoms with van der Waals surface area (Å²) >= 11 is 1.39. The maximum Gasteiger partial charge on any atom is 0.166 e. The molecule has 0 saturated heterocycles. The topological polar surface area (TPSA) is 112 Å². The van der Waals surface area contributed by atoms with Crippen LogP contribution in [0.3, 0.4) is 0 Å². The number of hydrogen-bond acceptors (Lipinski definition) is 8. The van der Waals surface area contributed by atoms with E-state index in [0.717, 1.165) is 10.6 Å². The number of aliphatic hydroxyl groups excluding tert-OH is 1. The molecule has 31 heavy (non-hydrogen) atoms. The molecule has 0 spiro atoms. The number of ether oxygens (including phenoxy) is 1. The fraction of sp³-hybridized carbons (Fsp3) is 0.238. The highest BCUT2D eigenvalue weighted by Crippen LogP contribution is 2.36. The van der Waals surface area contributed by atoms with Crippen LogP contribution in [0.1, 0.15) is 42.2 Å². The standard InChI is InChI=1S/C21H21FN6O2S/c1-11-19(12(2)29)31-21(27-11)14-8-18(20(23)24-10-14)30-13(3)16-9-15(22)4-5-17(16)28-25-6-7-26-28/h4-10,12-13,29H,1-3H3,(H2,23,24)/t12?,13-/m1/s1. The van der Waals surface area contributed by atoms with Gasteiger partial charge >= 0.3 is 0 Å². The highest BCUT2D eigenvalue weighted by molar-refractivity contribution is 7.15. The zero-order valence-corrected chi connectivity index (χ0v) is 18.0. The molecular weight excluding hydrogens is 419 g/mol. The minimum atomic E-state index is -0.606. The van der Waals surface area contributed by atoms with Gasteiger partial charge in [0.25, 0.3) is 0 Å². The van der Waals surface area contributed by atoms with E-state index in [1.807, 2.05) is 6.92 Å². The summed E-state index contributed by atoms with van der Waals surface area (Å²) in [5, 5.41) is 18.9. The molecule has 3 heterocycles. The van der Waals surface area contributed by atoms with E-state index in [9.17, 15) is 9.50 Å². The molecule has 0 bridgehead atoms. The number of aromatic nitrogens is 5. The number of nitrogens with two attached hydrogens (primary N) is 1. The van der Waals surface area contributed by atoms with Crippen molar-refractivity contribution in [2.24, 2.45) is 0 Å². The van der Waals surface area contributed by atoms with Gasteiger partial charge in [-0.3, -0.25) is 0 Å². The molecule has 1 aromatic carbocycles. The predicted octanol–water partition coefficient (Wildman–Crippen LogP) is 4.01. The van der Waals surface area contributed by atoms with Crippen LogP contribution in [0.15, 0.2) is 42.9 Å². The SMILES string of the molecule is Cc1nc(-c2cnc(N)c(O[C@H](C)c3cc(F)ccc3-n3nccn3)c2)sc1C(C)O. The maximum atomic E-state index is 14.0. The lowest BCUT2D eigenvalue weighted by Crippen LogP contribution is -2.11. The third kappa shape index (κ3) is 4.25. The lowest BCUT2D eigenvalue weighted by molar-refractivity contribution is 0.202. The van der Waals surface area contributed by atoms with Gasteiger partial charge in [0.1, 0.15) is 16.9 Å². The Hall–Kier alpha value is -3.37. The van der Waals surface area contributed by atoms with E-state index in [4.69, 9.17) is 10.5 Å². The summed E-state index contributed by atoms with van der Waals surface area (Å²) < 4.78 is 20.1. The van der Waals surface area contributed by atoms with Gasteiger partial charge < -0.3 is 15.6 Å². The molecule has 0 aliphatic heterocycles. The van der Waals surface area contributed by atoms with Gasteiger partial charge in [0.15, 0.2) is 11.6 Å². The Labute approximate surface area is 182 Å². The number of benzene rings is 1. The number of pyridine rings is 1. The smallest absolute Gasteiger partial charge is 0.166 e. The second kappa shape index (κ2) is 8.40. The number of nitrogen functional groups attached to an aromatic ring is 1. The second-order valence-corrected chi connectivity index (χ2v) is 8.06. The molecule has 10 heteroatoms. The van der Waals surface area contributed by atoms with Crippen LogP contribution in [0.4, 0.5) is 10.2 Å². The zero-order chi connectivity index (χ0) is 22.1. The van der Waals surface area contributed by atoms with Crippen LogP contribution in [0.2, 0.25) is 0 Å². The third-order valence-electron chi connectivity index (χ3n) is 4.71. The van der Waals surface area contributed by atoms with Gasteiger partial charge in [-0.2, -0.15) is 15.0 Å². The van der Waals surface area contributed by atoms with E-state index < -0.39 is 18.0 Å². The Bertz CT molecular complexity index is 1210. The zero-order valence-electron chi connectivity index (χ0n) is 17.2. The summed E-state index contributed by atoms with van der Waals surface area (Å²) in [6.07, 6.45) is 3.52. The first-order valence-electron chi connectivity index (χ1n) is 9.57. The monoisotopic (exact) mass is 440 g/mol. The van der Waals surface area contributed by atoms with Gasteiger partial charge in [0.2, 0.25) is 0 Å². The minimum Gasteiger partial charge on any atom is -0.482 e. The number of thiazole rings is 1.